The SMILES string of the molecule is C1CSCC(C2CCSCO2)O1. The van der Waals surface area contributed by atoms with Gasteiger partial charge in [-0.1, -0.05) is 0 Å². The Hall–Kier alpha value is 0.620. The lowest BCUT2D eigenvalue weighted by atomic mass is 10.2. The van der Waals surface area contributed by atoms with Crippen LogP contribution < -0.4 is 0 Å². The van der Waals surface area contributed by atoms with Gasteiger partial charge >= 0.3 is 0 Å². The van der Waals surface area contributed by atoms with E-state index in [1.165, 1.54) is 5.75 Å². The van der Waals surface area contributed by atoms with E-state index < -0.39 is 0 Å². The van der Waals surface area contributed by atoms with Crippen molar-refractivity contribution in [1.82, 2.24) is 0 Å². The Morgan fingerprint density at radius 1 is 1.00 bits per heavy atom. The molecule has 2 atom stereocenters. The second-order valence-electron chi connectivity index (χ2n) is 3.00. The van der Waals surface area contributed by atoms with E-state index in [-0.39, 0.29) is 0 Å². The van der Waals surface area contributed by atoms with Crippen LogP contribution in [0.25, 0.3) is 0 Å². The summed E-state index contributed by atoms with van der Waals surface area (Å²) in [7, 11) is 0. The Balaban J connectivity index is 1.80. The Morgan fingerprint density at radius 3 is 2.67 bits per heavy atom. The standard InChI is InChI=1S/C8H14O2S2/c1-3-12-6-10-7(1)8-5-11-4-2-9-8/h7-8H,1-6H2. The van der Waals surface area contributed by atoms with Crippen molar-refractivity contribution in [1.29, 1.82) is 0 Å². The topological polar surface area (TPSA) is 18.5 Å². The Kier molecular flexibility index (Phi) is 3.63. The molecule has 2 aliphatic rings. The minimum absolute atomic E-state index is 0.365. The third-order valence-electron chi connectivity index (χ3n) is 2.17. The molecule has 70 valence electrons. The number of hydrogen-bond acceptors (Lipinski definition) is 4. The van der Waals surface area contributed by atoms with Crippen LogP contribution in [-0.2, 0) is 9.47 Å². The van der Waals surface area contributed by atoms with Crippen molar-refractivity contribution in [3.8, 4) is 0 Å². The fraction of sp³-hybridized carbons (Fsp3) is 1.00. The van der Waals surface area contributed by atoms with Crippen LogP contribution in [0.15, 0.2) is 0 Å². The first-order valence-corrected chi connectivity index (χ1v) is 6.66. The summed E-state index contributed by atoms with van der Waals surface area (Å²) in [5.74, 6) is 4.36. The van der Waals surface area contributed by atoms with Crippen molar-refractivity contribution in [2.75, 3.05) is 29.8 Å². The number of ether oxygens (including phenoxy) is 2. The number of rotatable bonds is 1. The summed E-state index contributed by atoms with van der Waals surface area (Å²) in [4.78, 5) is 0. The largest absolute Gasteiger partial charge is 0.374 e. The van der Waals surface area contributed by atoms with Crippen LogP contribution in [0.4, 0.5) is 0 Å². The molecule has 0 amide bonds. The first kappa shape index (κ1) is 9.19. The van der Waals surface area contributed by atoms with Gasteiger partial charge in [-0.25, -0.2) is 0 Å². The van der Waals surface area contributed by atoms with Crippen molar-refractivity contribution in [2.24, 2.45) is 0 Å². The smallest absolute Gasteiger partial charge is 0.0927 e. The van der Waals surface area contributed by atoms with E-state index in [0.29, 0.717) is 12.2 Å². The maximum absolute atomic E-state index is 5.66. The average Bonchev–Trinajstić information content (AvgIpc) is 2.21. The fourth-order valence-electron chi connectivity index (χ4n) is 1.49. The predicted molar refractivity (Wildman–Crippen MR) is 53.9 cm³/mol. The van der Waals surface area contributed by atoms with E-state index >= 15 is 0 Å². The first-order chi connectivity index (χ1) is 5.97. The minimum atomic E-state index is 0.365. The van der Waals surface area contributed by atoms with Crippen LogP contribution in [0.5, 0.6) is 0 Å². The number of thioether (sulfide) groups is 2. The van der Waals surface area contributed by atoms with Gasteiger partial charge in [0, 0.05) is 11.5 Å². The highest BCUT2D eigenvalue weighted by Crippen LogP contribution is 2.24. The van der Waals surface area contributed by atoms with Gasteiger partial charge in [0.05, 0.1) is 24.8 Å². The van der Waals surface area contributed by atoms with Crippen LogP contribution in [-0.4, -0.2) is 42.0 Å². The first-order valence-electron chi connectivity index (χ1n) is 4.35. The normalized spacial score (nSPS) is 38.0. The predicted octanol–water partition coefficient (Wildman–Crippen LogP) is 1.60. The molecule has 0 radical (unpaired) electrons. The van der Waals surface area contributed by atoms with Gasteiger partial charge in [0.2, 0.25) is 0 Å². The Labute approximate surface area is 81.8 Å². The van der Waals surface area contributed by atoms with Crippen molar-refractivity contribution in [3.05, 3.63) is 0 Å². The molecule has 2 nitrogen and oxygen atoms in total. The summed E-state index contributed by atoms with van der Waals surface area (Å²) >= 11 is 3.86. The zero-order chi connectivity index (χ0) is 8.23. The van der Waals surface area contributed by atoms with Gasteiger partial charge in [-0.2, -0.15) is 11.8 Å². The van der Waals surface area contributed by atoms with Crippen LogP contribution in [0.2, 0.25) is 0 Å². The van der Waals surface area contributed by atoms with E-state index in [4.69, 9.17) is 9.47 Å². The fourth-order valence-corrected chi connectivity index (χ4v) is 3.20. The Bertz CT molecular complexity index is 115. The Morgan fingerprint density at radius 2 is 2.00 bits per heavy atom. The molecule has 0 bridgehead atoms. The summed E-state index contributed by atoms with van der Waals surface area (Å²) in [5, 5.41) is 0. The molecule has 2 aliphatic heterocycles. The maximum Gasteiger partial charge on any atom is 0.0927 e. The summed E-state index contributed by atoms with van der Waals surface area (Å²) in [6.45, 7) is 0.905. The molecular weight excluding hydrogens is 192 g/mol. The van der Waals surface area contributed by atoms with Gasteiger partial charge in [-0.05, 0) is 12.2 Å². The summed E-state index contributed by atoms with van der Waals surface area (Å²) in [6.07, 6.45) is 1.90. The molecule has 2 heterocycles. The van der Waals surface area contributed by atoms with Crippen LogP contribution in [0.1, 0.15) is 6.42 Å². The van der Waals surface area contributed by atoms with E-state index in [9.17, 15) is 0 Å². The van der Waals surface area contributed by atoms with Gasteiger partial charge in [0.25, 0.3) is 0 Å². The van der Waals surface area contributed by atoms with E-state index in [1.54, 1.807) is 0 Å². The zero-order valence-electron chi connectivity index (χ0n) is 7.03. The molecular formula is C8H14O2S2. The second-order valence-corrected chi connectivity index (χ2v) is 5.21. The molecule has 0 aromatic heterocycles. The molecule has 2 fully saturated rings. The molecule has 2 rings (SSSR count). The van der Waals surface area contributed by atoms with Crippen molar-refractivity contribution in [3.63, 3.8) is 0 Å². The average molecular weight is 206 g/mol. The maximum atomic E-state index is 5.66. The van der Waals surface area contributed by atoms with Crippen molar-refractivity contribution >= 4 is 23.5 Å². The van der Waals surface area contributed by atoms with Crippen molar-refractivity contribution in [2.45, 2.75) is 18.6 Å². The van der Waals surface area contributed by atoms with Crippen molar-refractivity contribution < 1.29 is 9.47 Å². The van der Waals surface area contributed by atoms with E-state index in [1.807, 2.05) is 23.5 Å². The molecule has 12 heavy (non-hydrogen) atoms. The third kappa shape index (κ3) is 2.31. The number of hydrogen-bond donors (Lipinski definition) is 0. The van der Waals surface area contributed by atoms with Gasteiger partial charge in [-0.15, -0.1) is 11.8 Å². The lowest BCUT2D eigenvalue weighted by Gasteiger charge is -2.32. The monoisotopic (exact) mass is 206 g/mol. The zero-order valence-corrected chi connectivity index (χ0v) is 8.66. The lowest BCUT2D eigenvalue weighted by Crippen LogP contribution is -2.38. The molecule has 2 unspecified atom stereocenters. The van der Waals surface area contributed by atoms with Gasteiger partial charge in [0.1, 0.15) is 0 Å². The summed E-state index contributed by atoms with van der Waals surface area (Å²) < 4.78 is 11.3. The van der Waals surface area contributed by atoms with Gasteiger partial charge < -0.3 is 9.47 Å². The highest BCUT2D eigenvalue weighted by molar-refractivity contribution is 7.99. The molecule has 2 saturated heterocycles. The minimum Gasteiger partial charge on any atom is -0.374 e. The molecule has 0 N–H and O–H groups in total. The highest BCUT2D eigenvalue weighted by Gasteiger charge is 2.27. The quantitative estimate of drug-likeness (QED) is 0.648. The molecule has 0 aromatic carbocycles. The molecule has 0 spiro atoms. The molecule has 0 saturated carbocycles. The highest BCUT2D eigenvalue weighted by atomic mass is 32.2. The lowest BCUT2D eigenvalue weighted by molar-refractivity contribution is -0.0513. The van der Waals surface area contributed by atoms with Gasteiger partial charge in [0.15, 0.2) is 0 Å². The van der Waals surface area contributed by atoms with Crippen LogP contribution >= 0.6 is 23.5 Å². The summed E-state index contributed by atoms with van der Waals surface area (Å²) in [5.41, 5.74) is 0. The molecule has 0 aliphatic carbocycles. The molecule has 0 aromatic rings. The van der Waals surface area contributed by atoms with Crippen LogP contribution in [0, 0.1) is 0 Å². The van der Waals surface area contributed by atoms with Crippen LogP contribution in [0.3, 0.4) is 0 Å². The third-order valence-corrected chi connectivity index (χ3v) is 4.02. The molecule has 4 heteroatoms. The second kappa shape index (κ2) is 4.74. The van der Waals surface area contributed by atoms with E-state index in [0.717, 1.165) is 30.5 Å². The summed E-state index contributed by atoms with van der Waals surface area (Å²) in [6, 6.07) is 0. The van der Waals surface area contributed by atoms with Gasteiger partial charge in [-0.3, -0.25) is 0 Å². The van der Waals surface area contributed by atoms with E-state index in [2.05, 4.69) is 0 Å².